The average molecular weight is 276 g/mol. The number of nitrogens with zero attached hydrogens (tertiary/aromatic N) is 1. The predicted octanol–water partition coefficient (Wildman–Crippen LogP) is 4.02. The lowest BCUT2D eigenvalue weighted by atomic mass is 10.0. The van der Waals surface area contributed by atoms with E-state index < -0.39 is 0 Å². The number of rotatable bonds is 10. The van der Waals surface area contributed by atoms with E-state index in [-0.39, 0.29) is 0 Å². The van der Waals surface area contributed by atoms with Crippen molar-refractivity contribution in [2.45, 2.75) is 53.0 Å². The van der Waals surface area contributed by atoms with E-state index in [1.807, 2.05) is 0 Å². The second-order valence-electron chi connectivity index (χ2n) is 5.55. The molecule has 0 aliphatic heterocycles. The molecule has 0 aliphatic carbocycles. The third kappa shape index (κ3) is 6.06. The highest BCUT2D eigenvalue weighted by Gasteiger charge is 2.05. The fourth-order valence-corrected chi connectivity index (χ4v) is 2.54. The minimum Gasteiger partial charge on any atom is -0.310 e. The van der Waals surface area contributed by atoms with Gasteiger partial charge in [-0.25, -0.2) is 0 Å². The number of hydrogen-bond donors (Lipinski definition) is 1. The first-order chi connectivity index (χ1) is 9.71. The Morgan fingerprint density at radius 3 is 2.25 bits per heavy atom. The van der Waals surface area contributed by atoms with E-state index in [4.69, 9.17) is 0 Å². The summed E-state index contributed by atoms with van der Waals surface area (Å²) >= 11 is 0. The summed E-state index contributed by atoms with van der Waals surface area (Å²) in [7, 11) is 0. The number of nitrogens with one attached hydrogen (secondary N) is 1. The molecule has 0 saturated heterocycles. The zero-order valence-corrected chi connectivity index (χ0v) is 13.8. The molecule has 0 bridgehead atoms. The first-order valence-electron chi connectivity index (χ1n) is 8.25. The lowest BCUT2D eigenvalue weighted by molar-refractivity contribution is 0.296. The largest absolute Gasteiger partial charge is 0.310 e. The molecule has 0 heterocycles. The smallest absolute Gasteiger partial charge is 0.0291 e. The maximum absolute atomic E-state index is 3.63. The average Bonchev–Trinajstić information content (AvgIpc) is 2.48. The van der Waals surface area contributed by atoms with Gasteiger partial charge in [-0.15, -0.1) is 0 Å². The molecule has 1 N–H and O–H groups in total. The molecular weight excluding hydrogens is 244 g/mol. The minimum absolute atomic E-state index is 0.447. The normalized spacial score (nSPS) is 12.8. The van der Waals surface area contributed by atoms with Crippen LogP contribution in [0.15, 0.2) is 24.3 Å². The van der Waals surface area contributed by atoms with E-state index in [2.05, 4.69) is 62.2 Å². The van der Waals surface area contributed by atoms with Crippen molar-refractivity contribution in [3.8, 4) is 0 Å². The van der Waals surface area contributed by atoms with Crippen LogP contribution < -0.4 is 5.32 Å². The molecule has 2 heteroatoms. The lowest BCUT2D eigenvalue weighted by Gasteiger charge is -2.19. The number of aryl methyl sites for hydroxylation is 1. The van der Waals surface area contributed by atoms with Crippen molar-refractivity contribution in [2.24, 2.45) is 0 Å². The Labute approximate surface area is 125 Å². The molecule has 1 atom stereocenters. The maximum Gasteiger partial charge on any atom is 0.0291 e. The van der Waals surface area contributed by atoms with Gasteiger partial charge >= 0.3 is 0 Å². The van der Waals surface area contributed by atoms with Gasteiger partial charge in [0.2, 0.25) is 0 Å². The van der Waals surface area contributed by atoms with E-state index >= 15 is 0 Å². The topological polar surface area (TPSA) is 15.3 Å². The Morgan fingerprint density at radius 2 is 1.70 bits per heavy atom. The fourth-order valence-electron chi connectivity index (χ4n) is 2.54. The van der Waals surface area contributed by atoms with Crippen LogP contribution >= 0.6 is 0 Å². The summed E-state index contributed by atoms with van der Waals surface area (Å²) in [6.45, 7) is 13.6. The third-order valence-corrected chi connectivity index (χ3v) is 4.01. The van der Waals surface area contributed by atoms with Crippen LogP contribution in [0.2, 0.25) is 0 Å². The molecule has 1 rings (SSSR count). The molecule has 0 saturated carbocycles. The number of benzene rings is 1. The molecule has 1 aromatic rings. The van der Waals surface area contributed by atoms with Crippen molar-refractivity contribution in [3.63, 3.8) is 0 Å². The monoisotopic (exact) mass is 276 g/mol. The zero-order chi connectivity index (χ0) is 14.8. The van der Waals surface area contributed by atoms with E-state index in [9.17, 15) is 0 Å². The van der Waals surface area contributed by atoms with Crippen molar-refractivity contribution in [3.05, 3.63) is 35.4 Å². The van der Waals surface area contributed by atoms with Crippen molar-refractivity contribution in [1.82, 2.24) is 10.2 Å². The van der Waals surface area contributed by atoms with E-state index in [1.54, 1.807) is 0 Å². The molecule has 114 valence electrons. The first-order valence-corrected chi connectivity index (χ1v) is 8.25. The molecule has 0 fully saturated rings. The number of hydrogen-bond acceptors (Lipinski definition) is 2. The van der Waals surface area contributed by atoms with Gasteiger partial charge < -0.3 is 10.2 Å². The highest BCUT2D eigenvalue weighted by atomic mass is 15.1. The third-order valence-electron chi connectivity index (χ3n) is 4.01. The Balaban J connectivity index is 2.29. The molecule has 0 aliphatic rings. The Morgan fingerprint density at radius 1 is 1.05 bits per heavy atom. The van der Waals surface area contributed by atoms with Crippen LogP contribution in [-0.4, -0.2) is 31.1 Å². The molecule has 2 nitrogen and oxygen atoms in total. The molecular formula is C18H32N2. The van der Waals surface area contributed by atoms with Crippen LogP contribution in [-0.2, 0) is 6.42 Å². The van der Waals surface area contributed by atoms with E-state index in [0.717, 1.165) is 19.6 Å². The zero-order valence-electron chi connectivity index (χ0n) is 13.8. The van der Waals surface area contributed by atoms with Crippen molar-refractivity contribution >= 4 is 0 Å². The van der Waals surface area contributed by atoms with Gasteiger partial charge in [0.1, 0.15) is 0 Å². The fraction of sp³-hybridized carbons (Fsp3) is 0.667. The summed E-state index contributed by atoms with van der Waals surface area (Å²) in [5, 5.41) is 3.63. The standard InChI is InChI=1S/C18H32N2/c1-5-9-17-10-12-18(13-11-17)16(4)19-14-8-15-20(6-2)7-3/h10-13,16,19H,5-9,14-15H2,1-4H3. The summed E-state index contributed by atoms with van der Waals surface area (Å²) in [6.07, 6.45) is 3.63. The van der Waals surface area contributed by atoms with Crippen molar-refractivity contribution < 1.29 is 0 Å². The van der Waals surface area contributed by atoms with Gasteiger partial charge in [0.15, 0.2) is 0 Å². The SMILES string of the molecule is CCCc1ccc(C(C)NCCCN(CC)CC)cc1. The summed E-state index contributed by atoms with van der Waals surface area (Å²) < 4.78 is 0. The highest BCUT2D eigenvalue weighted by molar-refractivity contribution is 5.24. The van der Waals surface area contributed by atoms with Crippen LogP contribution in [0.25, 0.3) is 0 Å². The Bertz CT molecular complexity index is 341. The molecule has 1 unspecified atom stereocenters. The van der Waals surface area contributed by atoms with Gasteiger partial charge in [0.05, 0.1) is 0 Å². The van der Waals surface area contributed by atoms with Crippen LogP contribution in [0.3, 0.4) is 0 Å². The summed E-state index contributed by atoms with van der Waals surface area (Å²) in [5.74, 6) is 0. The predicted molar refractivity (Wildman–Crippen MR) is 89.3 cm³/mol. The molecule has 1 aromatic carbocycles. The minimum atomic E-state index is 0.447. The van der Waals surface area contributed by atoms with Crippen molar-refractivity contribution in [2.75, 3.05) is 26.2 Å². The molecule has 20 heavy (non-hydrogen) atoms. The van der Waals surface area contributed by atoms with Gasteiger partial charge in [-0.3, -0.25) is 0 Å². The van der Waals surface area contributed by atoms with Gasteiger partial charge in [0.25, 0.3) is 0 Å². The van der Waals surface area contributed by atoms with Gasteiger partial charge in [-0.2, -0.15) is 0 Å². The highest BCUT2D eigenvalue weighted by Crippen LogP contribution is 2.14. The lowest BCUT2D eigenvalue weighted by Crippen LogP contribution is -2.28. The first kappa shape index (κ1) is 17.2. The van der Waals surface area contributed by atoms with Crippen LogP contribution in [0.1, 0.15) is 57.7 Å². The molecule has 0 spiro atoms. The van der Waals surface area contributed by atoms with E-state index in [0.29, 0.717) is 6.04 Å². The van der Waals surface area contributed by atoms with Crippen molar-refractivity contribution in [1.29, 1.82) is 0 Å². The molecule has 0 radical (unpaired) electrons. The summed E-state index contributed by atoms with van der Waals surface area (Å²) in [4.78, 5) is 2.48. The van der Waals surface area contributed by atoms with Gasteiger partial charge in [0, 0.05) is 6.04 Å². The second-order valence-corrected chi connectivity index (χ2v) is 5.55. The molecule has 0 aromatic heterocycles. The summed E-state index contributed by atoms with van der Waals surface area (Å²) in [5.41, 5.74) is 2.85. The van der Waals surface area contributed by atoms with Crippen LogP contribution in [0, 0.1) is 0 Å². The quantitative estimate of drug-likeness (QED) is 0.649. The van der Waals surface area contributed by atoms with Crippen LogP contribution in [0.5, 0.6) is 0 Å². The Hall–Kier alpha value is -0.860. The Kier molecular flexibility index (Phi) is 8.56. The van der Waals surface area contributed by atoms with Crippen LogP contribution in [0.4, 0.5) is 0 Å². The van der Waals surface area contributed by atoms with Gasteiger partial charge in [-0.05, 0) is 57.1 Å². The van der Waals surface area contributed by atoms with Gasteiger partial charge in [-0.1, -0.05) is 51.5 Å². The second kappa shape index (κ2) is 9.95. The van der Waals surface area contributed by atoms with E-state index in [1.165, 1.54) is 36.9 Å². The maximum atomic E-state index is 3.63. The summed E-state index contributed by atoms with van der Waals surface area (Å²) in [6, 6.07) is 9.53. The molecule has 0 amide bonds.